The molecule has 0 saturated carbocycles. The second kappa shape index (κ2) is 8.37. The Bertz CT molecular complexity index is 607. The third kappa shape index (κ3) is 4.85. The van der Waals surface area contributed by atoms with Crippen LogP contribution in [0.3, 0.4) is 0 Å². The Labute approximate surface area is 138 Å². The summed E-state index contributed by atoms with van der Waals surface area (Å²) in [4.78, 5) is 14.5. The molecule has 2 rings (SSSR count). The van der Waals surface area contributed by atoms with Crippen molar-refractivity contribution >= 4 is 5.91 Å². The van der Waals surface area contributed by atoms with Crippen molar-refractivity contribution in [2.75, 3.05) is 13.7 Å². The molecule has 1 atom stereocenters. The number of hydrogen-bond acceptors (Lipinski definition) is 2. The van der Waals surface area contributed by atoms with Crippen molar-refractivity contribution in [1.82, 2.24) is 4.90 Å². The van der Waals surface area contributed by atoms with Gasteiger partial charge in [0.25, 0.3) is 0 Å². The van der Waals surface area contributed by atoms with Gasteiger partial charge in [-0.25, -0.2) is 0 Å². The van der Waals surface area contributed by atoms with Crippen molar-refractivity contribution in [2.24, 2.45) is 0 Å². The van der Waals surface area contributed by atoms with Crippen LogP contribution in [0, 0.1) is 0 Å². The van der Waals surface area contributed by atoms with E-state index in [9.17, 15) is 4.79 Å². The monoisotopic (exact) mass is 311 g/mol. The summed E-state index contributed by atoms with van der Waals surface area (Å²) in [6.07, 6.45) is 0.536. The quantitative estimate of drug-likeness (QED) is 0.765. The molecule has 0 heterocycles. The third-order valence-electron chi connectivity index (χ3n) is 4.12. The highest BCUT2D eigenvalue weighted by Gasteiger charge is 2.16. The van der Waals surface area contributed by atoms with Crippen LogP contribution >= 0.6 is 0 Å². The first kappa shape index (κ1) is 17.1. The molecule has 0 aliphatic rings. The molecule has 0 aromatic heterocycles. The Hall–Kier alpha value is -2.29. The Kier molecular flexibility index (Phi) is 6.21. The number of amides is 1. The maximum Gasteiger partial charge on any atom is 0.223 e. The van der Waals surface area contributed by atoms with Gasteiger partial charge in [-0.2, -0.15) is 0 Å². The summed E-state index contributed by atoms with van der Waals surface area (Å²) >= 11 is 0. The van der Waals surface area contributed by atoms with Crippen molar-refractivity contribution in [1.29, 1.82) is 0 Å². The van der Waals surface area contributed by atoms with Crippen molar-refractivity contribution in [3.8, 4) is 5.75 Å². The molecule has 0 aliphatic carbocycles. The number of hydrogen-bond donors (Lipinski definition) is 0. The van der Waals surface area contributed by atoms with E-state index in [0.29, 0.717) is 19.5 Å². The number of carbonyl (C=O) groups excluding carboxylic acids is 1. The molecular formula is C20H25NO2. The fourth-order valence-corrected chi connectivity index (χ4v) is 2.62. The molecular weight excluding hydrogens is 286 g/mol. The van der Waals surface area contributed by atoms with Crippen LogP contribution in [0.15, 0.2) is 54.6 Å². The lowest BCUT2D eigenvalue weighted by molar-refractivity contribution is -0.131. The molecule has 0 N–H and O–H groups in total. The van der Waals surface area contributed by atoms with Gasteiger partial charge in [0.2, 0.25) is 5.91 Å². The summed E-state index contributed by atoms with van der Waals surface area (Å²) in [5.41, 5.74) is 2.33. The molecule has 0 radical (unpaired) electrons. The Balaban J connectivity index is 1.97. The van der Waals surface area contributed by atoms with Crippen LogP contribution in [0.1, 0.15) is 37.3 Å². The first-order chi connectivity index (χ1) is 11.1. The standard InChI is InChI=1S/C20H25NO2/c1-4-21(15-17-10-12-19(23-3)13-11-17)20(22)14-16(2)18-8-6-5-7-9-18/h5-13,16H,4,14-15H2,1-3H3. The SMILES string of the molecule is CCN(Cc1ccc(OC)cc1)C(=O)CC(C)c1ccccc1. The van der Waals surface area contributed by atoms with E-state index in [1.165, 1.54) is 5.56 Å². The van der Waals surface area contributed by atoms with Crippen LogP contribution in [-0.4, -0.2) is 24.5 Å². The van der Waals surface area contributed by atoms with Crippen molar-refractivity contribution in [3.63, 3.8) is 0 Å². The number of rotatable bonds is 7. The number of carbonyl (C=O) groups is 1. The maximum atomic E-state index is 12.6. The van der Waals surface area contributed by atoms with Gasteiger partial charge in [0.05, 0.1) is 7.11 Å². The molecule has 3 heteroatoms. The smallest absolute Gasteiger partial charge is 0.223 e. The van der Waals surface area contributed by atoms with Crippen LogP contribution in [0.2, 0.25) is 0 Å². The average Bonchev–Trinajstić information content (AvgIpc) is 2.60. The van der Waals surface area contributed by atoms with Crippen LogP contribution < -0.4 is 4.74 Å². The van der Waals surface area contributed by atoms with E-state index in [0.717, 1.165) is 11.3 Å². The molecule has 2 aromatic carbocycles. The van der Waals surface area contributed by atoms with Gasteiger partial charge in [-0.3, -0.25) is 4.79 Å². The van der Waals surface area contributed by atoms with E-state index < -0.39 is 0 Å². The van der Waals surface area contributed by atoms with Gasteiger partial charge in [-0.1, -0.05) is 49.4 Å². The minimum atomic E-state index is 0.194. The zero-order valence-electron chi connectivity index (χ0n) is 14.2. The Morgan fingerprint density at radius 1 is 1.09 bits per heavy atom. The fraction of sp³-hybridized carbons (Fsp3) is 0.350. The Morgan fingerprint density at radius 2 is 1.74 bits per heavy atom. The number of benzene rings is 2. The predicted molar refractivity (Wildman–Crippen MR) is 93.6 cm³/mol. The summed E-state index contributed by atoms with van der Waals surface area (Å²) in [6, 6.07) is 18.1. The van der Waals surface area contributed by atoms with E-state index in [1.807, 2.05) is 54.3 Å². The van der Waals surface area contributed by atoms with Gasteiger partial charge in [-0.05, 0) is 36.1 Å². The fourth-order valence-electron chi connectivity index (χ4n) is 2.62. The van der Waals surface area contributed by atoms with Gasteiger partial charge >= 0.3 is 0 Å². The van der Waals surface area contributed by atoms with Crippen LogP contribution in [0.5, 0.6) is 5.75 Å². The normalized spacial score (nSPS) is 11.8. The minimum Gasteiger partial charge on any atom is -0.497 e. The van der Waals surface area contributed by atoms with E-state index in [-0.39, 0.29) is 11.8 Å². The highest BCUT2D eigenvalue weighted by molar-refractivity contribution is 5.77. The molecule has 0 bridgehead atoms. The van der Waals surface area contributed by atoms with E-state index in [1.54, 1.807) is 7.11 Å². The lowest BCUT2D eigenvalue weighted by Gasteiger charge is -2.23. The number of nitrogens with zero attached hydrogens (tertiary/aromatic N) is 1. The molecule has 23 heavy (non-hydrogen) atoms. The molecule has 1 unspecified atom stereocenters. The molecule has 0 fully saturated rings. The third-order valence-corrected chi connectivity index (χ3v) is 4.12. The topological polar surface area (TPSA) is 29.5 Å². The zero-order chi connectivity index (χ0) is 16.7. The zero-order valence-corrected chi connectivity index (χ0v) is 14.2. The van der Waals surface area contributed by atoms with Gasteiger partial charge in [0.15, 0.2) is 0 Å². The molecule has 0 aliphatic heterocycles. The second-order valence-corrected chi connectivity index (χ2v) is 5.77. The molecule has 0 saturated heterocycles. The van der Waals surface area contributed by atoms with Crippen LogP contribution in [0.4, 0.5) is 0 Å². The first-order valence-corrected chi connectivity index (χ1v) is 8.09. The van der Waals surface area contributed by atoms with Crippen molar-refractivity contribution in [3.05, 3.63) is 65.7 Å². The van der Waals surface area contributed by atoms with Gasteiger partial charge in [-0.15, -0.1) is 0 Å². The van der Waals surface area contributed by atoms with Gasteiger partial charge in [0.1, 0.15) is 5.75 Å². The minimum absolute atomic E-state index is 0.194. The number of ether oxygens (including phenoxy) is 1. The number of methoxy groups -OCH3 is 1. The molecule has 122 valence electrons. The summed E-state index contributed by atoms with van der Waals surface area (Å²) < 4.78 is 5.17. The van der Waals surface area contributed by atoms with Crippen molar-refractivity contribution in [2.45, 2.75) is 32.7 Å². The average molecular weight is 311 g/mol. The van der Waals surface area contributed by atoms with Crippen LogP contribution in [0.25, 0.3) is 0 Å². The van der Waals surface area contributed by atoms with E-state index in [2.05, 4.69) is 19.1 Å². The molecule has 1 amide bonds. The highest BCUT2D eigenvalue weighted by atomic mass is 16.5. The Morgan fingerprint density at radius 3 is 2.30 bits per heavy atom. The highest BCUT2D eigenvalue weighted by Crippen LogP contribution is 2.20. The van der Waals surface area contributed by atoms with Crippen molar-refractivity contribution < 1.29 is 9.53 Å². The maximum absolute atomic E-state index is 12.6. The molecule has 0 spiro atoms. The summed E-state index contributed by atoms with van der Waals surface area (Å²) in [7, 11) is 1.65. The largest absolute Gasteiger partial charge is 0.497 e. The van der Waals surface area contributed by atoms with Gasteiger partial charge < -0.3 is 9.64 Å². The van der Waals surface area contributed by atoms with Gasteiger partial charge in [0, 0.05) is 19.5 Å². The molecule has 2 aromatic rings. The molecule has 3 nitrogen and oxygen atoms in total. The van der Waals surface area contributed by atoms with E-state index in [4.69, 9.17) is 4.74 Å². The van der Waals surface area contributed by atoms with Crippen LogP contribution in [-0.2, 0) is 11.3 Å². The first-order valence-electron chi connectivity index (χ1n) is 8.09. The summed E-state index contributed by atoms with van der Waals surface area (Å²) in [6.45, 7) is 5.48. The van der Waals surface area contributed by atoms with E-state index >= 15 is 0 Å². The second-order valence-electron chi connectivity index (χ2n) is 5.77. The summed E-state index contributed by atoms with van der Waals surface area (Å²) in [5.74, 6) is 1.26. The summed E-state index contributed by atoms with van der Waals surface area (Å²) in [5, 5.41) is 0. The lowest BCUT2D eigenvalue weighted by atomic mass is 9.97. The predicted octanol–water partition coefficient (Wildman–Crippen LogP) is 4.24. The lowest BCUT2D eigenvalue weighted by Crippen LogP contribution is -2.31.